The van der Waals surface area contributed by atoms with Gasteiger partial charge in [-0.2, -0.15) is 0 Å². The van der Waals surface area contributed by atoms with Crippen molar-refractivity contribution >= 4 is 29.8 Å². The molecule has 2 aliphatic heterocycles. The Bertz CT molecular complexity index is 1330. The molecule has 318 valence electrons. The van der Waals surface area contributed by atoms with Crippen LogP contribution < -0.4 is 5.32 Å². The van der Waals surface area contributed by atoms with E-state index in [-0.39, 0.29) is 25.0 Å². The predicted molar refractivity (Wildman–Crippen MR) is 199 cm³/mol. The minimum atomic E-state index is -2.04. The van der Waals surface area contributed by atoms with Crippen molar-refractivity contribution in [2.24, 2.45) is 23.7 Å². The van der Waals surface area contributed by atoms with Gasteiger partial charge < -0.3 is 53.6 Å². The van der Waals surface area contributed by atoms with Crippen molar-refractivity contribution in [3.05, 3.63) is 0 Å². The molecule has 0 unspecified atom stereocenters. The smallest absolute Gasteiger partial charge is 0.408 e. The van der Waals surface area contributed by atoms with Gasteiger partial charge >= 0.3 is 24.0 Å². The van der Waals surface area contributed by atoms with Crippen LogP contribution in [0, 0.1) is 23.7 Å². The Morgan fingerprint density at radius 1 is 1.00 bits per heavy atom. The quantitative estimate of drug-likeness (QED) is 0.227. The second-order valence-corrected chi connectivity index (χ2v) is 17.0. The first-order valence-corrected chi connectivity index (χ1v) is 19.2. The van der Waals surface area contributed by atoms with Crippen molar-refractivity contribution in [2.45, 2.75) is 168 Å². The highest BCUT2D eigenvalue weighted by Gasteiger charge is 2.53. The highest BCUT2D eigenvalue weighted by Crippen LogP contribution is 2.40. The van der Waals surface area contributed by atoms with Gasteiger partial charge in [-0.15, -0.1) is 0 Å². The lowest BCUT2D eigenvalue weighted by atomic mass is 9.74. The summed E-state index contributed by atoms with van der Waals surface area (Å²) in [6.45, 7) is 18.5. The van der Waals surface area contributed by atoms with Gasteiger partial charge in [-0.25, -0.2) is 4.79 Å². The summed E-state index contributed by atoms with van der Waals surface area (Å²) in [5.41, 5.74) is -4.27. The third kappa shape index (κ3) is 12.5. The molecule has 14 atom stereocenters. The number of carbonyl (C=O) groups is 5. The molecular weight excluding hydrogens is 720 g/mol. The first kappa shape index (κ1) is 48.3. The highest BCUT2D eigenvalue weighted by atomic mass is 16.7. The maximum atomic E-state index is 14.0. The lowest BCUT2D eigenvalue weighted by molar-refractivity contribution is -0.304. The number of amides is 1. The minimum absolute atomic E-state index is 0.00502. The fourth-order valence-electron chi connectivity index (χ4n) is 7.74. The number of hydrogen-bond acceptors (Lipinski definition) is 15. The summed E-state index contributed by atoms with van der Waals surface area (Å²) in [5.74, 6) is -6.78. The molecule has 3 N–H and O–H groups in total. The van der Waals surface area contributed by atoms with Crippen LogP contribution in [-0.4, -0.2) is 138 Å². The number of ether oxygens (including phenoxy) is 7. The summed E-state index contributed by atoms with van der Waals surface area (Å²) in [7, 11) is 5.12. The van der Waals surface area contributed by atoms with Gasteiger partial charge in [0.25, 0.3) is 0 Å². The molecule has 0 spiro atoms. The van der Waals surface area contributed by atoms with E-state index in [0.717, 1.165) is 0 Å². The van der Waals surface area contributed by atoms with Crippen molar-refractivity contribution in [1.82, 2.24) is 10.2 Å². The third-order valence-corrected chi connectivity index (χ3v) is 10.8. The molecule has 0 radical (unpaired) electrons. The van der Waals surface area contributed by atoms with Gasteiger partial charge in [0, 0.05) is 31.8 Å². The number of carbonyl (C=O) groups excluding carboxylic acids is 5. The predicted octanol–water partition coefficient (Wildman–Crippen LogP) is 3.16. The van der Waals surface area contributed by atoms with Crippen LogP contribution in [0.5, 0.6) is 0 Å². The van der Waals surface area contributed by atoms with Gasteiger partial charge in [-0.3, -0.25) is 19.2 Å². The summed E-state index contributed by atoms with van der Waals surface area (Å²) in [6.07, 6.45) is -8.08. The highest BCUT2D eigenvalue weighted by molar-refractivity contribution is 5.83. The van der Waals surface area contributed by atoms with Crippen LogP contribution >= 0.6 is 0 Å². The number of likely N-dealkylation sites (N-methyl/N-ethyl adjacent to an activating group) is 1. The molecule has 16 heteroatoms. The fraction of sp³-hybridized carbons (Fsp3) is 0.872. The van der Waals surface area contributed by atoms with Gasteiger partial charge in [-0.05, 0) is 81.8 Å². The Morgan fingerprint density at radius 3 is 2.11 bits per heavy atom. The van der Waals surface area contributed by atoms with E-state index in [1.54, 1.807) is 48.5 Å². The molecule has 55 heavy (non-hydrogen) atoms. The van der Waals surface area contributed by atoms with Crippen molar-refractivity contribution < 1.29 is 67.3 Å². The van der Waals surface area contributed by atoms with Crippen molar-refractivity contribution in [2.75, 3.05) is 27.7 Å². The van der Waals surface area contributed by atoms with Gasteiger partial charge in [0.1, 0.15) is 35.7 Å². The van der Waals surface area contributed by atoms with Gasteiger partial charge in [0.05, 0.1) is 35.9 Å². The number of nitrogens with zero attached hydrogens (tertiary/aromatic N) is 1. The molecule has 2 aliphatic rings. The lowest BCUT2D eigenvalue weighted by Gasteiger charge is -2.49. The number of Topliss-reactive ketones (excluding diaryl/α,β-unsaturated/α-hetero) is 1. The normalized spacial score (nSPS) is 38.4. The van der Waals surface area contributed by atoms with E-state index in [2.05, 4.69) is 5.32 Å². The van der Waals surface area contributed by atoms with Gasteiger partial charge in [-0.1, -0.05) is 27.7 Å². The summed E-state index contributed by atoms with van der Waals surface area (Å²) >= 11 is 0. The molecule has 1 amide bonds. The van der Waals surface area contributed by atoms with E-state index in [9.17, 15) is 34.2 Å². The number of ketones is 1. The van der Waals surface area contributed by atoms with E-state index >= 15 is 0 Å². The summed E-state index contributed by atoms with van der Waals surface area (Å²) < 4.78 is 42.2. The molecule has 2 saturated heterocycles. The Labute approximate surface area is 326 Å². The number of methoxy groups -OCH3 is 1. The van der Waals surface area contributed by atoms with Gasteiger partial charge in [0.2, 0.25) is 0 Å². The van der Waals surface area contributed by atoms with E-state index < -0.39 is 114 Å². The average Bonchev–Trinajstić information content (AvgIpc) is 3.08. The number of cyclic esters (lactones) is 1. The maximum Gasteiger partial charge on any atom is 0.408 e. The van der Waals surface area contributed by atoms with E-state index in [0.29, 0.717) is 6.42 Å². The van der Waals surface area contributed by atoms with Crippen molar-refractivity contribution in [3.63, 3.8) is 0 Å². The molecule has 2 rings (SSSR count). The number of aliphatic hydroxyl groups excluding tert-OH is 1. The average molecular weight is 789 g/mol. The molecule has 0 aromatic rings. The molecule has 0 aliphatic carbocycles. The topological polar surface area (TPSA) is 206 Å². The standard InChI is InChI=1S/C39H68N2O14/c1-16-27-39(12,48)32(45)22(4)29(44)20(2)18-38(11,49-15)33(54-35-31(51-25(7)42)26(41(13)14)17-21(3)50-35)23(5)30(24(6)34(46)52-27)53-28(43)19-40-36(47)55-37(8,9)10/h20-24,26-27,30-33,35,45,48H,16-19H2,1-15H3,(H,40,47)/t20-,21-,22+,23+,24-,26+,27-,30+,31-,32-,33-,35+,38-,39-/m1/s1. The fourth-order valence-corrected chi connectivity index (χ4v) is 7.74. The van der Waals surface area contributed by atoms with Crippen LogP contribution in [0.25, 0.3) is 0 Å². The molecular formula is C39H68N2O14. The zero-order valence-corrected chi connectivity index (χ0v) is 35.5. The van der Waals surface area contributed by atoms with Crippen LogP contribution in [0.15, 0.2) is 0 Å². The monoisotopic (exact) mass is 788 g/mol. The minimum Gasteiger partial charge on any atom is -0.460 e. The zero-order valence-electron chi connectivity index (χ0n) is 35.5. The molecule has 0 bridgehead atoms. The van der Waals surface area contributed by atoms with Crippen LogP contribution in [0.4, 0.5) is 4.79 Å². The summed E-state index contributed by atoms with van der Waals surface area (Å²) in [4.78, 5) is 68.3. The molecule has 0 aromatic heterocycles. The van der Waals surface area contributed by atoms with Crippen LogP contribution in [0.1, 0.15) is 102 Å². The van der Waals surface area contributed by atoms with E-state index in [1.807, 2.05) is 25.9 Å². The number of esters is 3. The van der Waals surface area contributed by atoms with E-state index in [1.165, 1.54) is 34.8 Å². The molecule has 2 fully saturated rings. The number of rotatable bonds is 9. The molecule has 16 nitrogen and oxygen atoms in total. The number of hydrogen-bond donors (Lipinski definition) is 3. The maximum absolute atomic E-state index is 14.0. The Kier molecular flexibility index (Phi) is 17.1. The van der Waals surface area contributed by atoms with Crippen LogP contribution in [0.3, 0.4) is 0 Å². The molecule has 0 saturated carbocycles. The number of alkyl carbamates (subject to hydrolysis) is 1. The van der Waals surface area contributed by atoms with Crippen molar-refractivity contribution in [1.29, 1.82) is 0 Å². The number of aliphatic hydroxyl groups is 2. The first-order valence-electron chi connectivity index (χ1n) is 19.2. The van der Waals surface area contributed by atoms with E-state index in [4.69, 9.17) is 33.2 Å². The summed E-state index contributed by atoms with van der Waals surface area (Å²) in [5, 5.41) is 25.4. The molecule has 0 aromatic carbocycles. The first-order chi connectivity index (χ1) is 25.2. The number of nitrogens with one attached hydrogen (secondary N) is 1. The Balaban J connectivity index is 2.81. The Hall–Kier alpha value is -2.89. The largest absolute Gasteiger partial charge is 0.460 e. The van der Waals surface area contributed by atoms with Crippen molar-refractivity contribution in [3.8, 4) is 0 Å². The molecule has 2 heterocycles. The zero-order chi connectivity index (χ0) is 42.4. The second kappa shape index (κ2) is 19.5. The third-order valence-electron chi connectivity index (χ3n) is 10.8. The van der Waals surface area contributed by atoms with Crippen LogP contribution in [-0.2, 0) is 52.3 Å². The van der Waals surface area contributed by atoms with Gasteiger partial charge in [0.15, 0.2) is 12.4 Å². The lowest BCUT2D eigenvalue weighted by Crippen LogP contribution is -2.61. The van der Waals surface area contributed by atoms with Crippen LogP contribution in [0.2, 0.25) is 0 Å². The SMILES string of the molecule is CC[C@H]1OC(=O)[C@H](C)[C@@H](OC(=O)CNC(=O)OC(C)(C)C)[C@H](C)[C@@H](O[C@@H]2O[C@H](C)C[C@H](N(C)C)[C@H]2OC(C)=O)[C@](C)(OC)C[C@@H](C)C(=O)[C@H](C)[C@@H](O)[C@]1(C)O. The summed E-state index contributed by atoms with van der Waals surface area (Å²) in [6, 6.07) is -0.330. The Morgan fingerprint density at radius 2 is 1.60 bits per heavy atom. The second-order valence-electron chi connectivity index (χ2n) is 17.0.